The van der Waals surface area contributed by atoms with Gasteiger partial charge in [0.2, 0.25) is 0 Å². The van der Waals surface area contributed by atoms with Crippen molar-refractivity contribution in [3.05, 3.63) is 289 Å². The Kier molecular flexibility index (Phi) is 9.11. The maximum atomic E-state index is 2.43. The Labute approximate surface area is 390 Å². The predicted octanol–water partition coefficient (Wildman–Crippen LogP) is 17.1. The summed E-state index contributed by atoms with van der Waals surface area (Å²) in [5.74, 6) is 0. The molecule has 0 saturated heterocycles. The Morgan fingerprint density at radius 3 is 1.33 bits per heavy atom. The molecule has 12 aromatic rings. The monoisotopic (exact) mass is 852 g/mol. The molecule has 2 heteroatoms. The van der Waals surface area contributed by atoms with Gasteiger partial charge < -0.3 is 9.47 Å². The lowest BCUT2D eigenvalue weighted by molar-refractivity contribution is 0.768. The Morgan fingerprint density at radius 2 is 0.731 bits per heavy atom. The standard InChI is InChI=1S/C65H44N2/c1-3-17-47(18-4-1)53-43-44-64(57-24-8-7-21-54(53)57)66(50-37-31-45(32-38-50)46-33-39-52(40-34-46)67-62-29-15-11-25-58(62)59-26-12-16-30-63(59)67)51-41-35-49(36-42-51)65(48-19-5-2-6-20-48)60-27-13-9-22-55(60)56-23-10-14-28-61(56)65/h1-44H. The smallest absolute Gasteiger partial charge is 0.0713 e. The van der Waals surface area contributed by atoms with E-state index in [0.29, 0.717) is 0 Å². The summed E-state index contributed by atoms with van der Waals surface area (Å²) in [6, 6.07) is 97.9. The number of anilines is 3. The van der Waals surface area contributed by atoms with Gasteiger partial charge in [0.15, 0.2) is 0 Å². The Balaban J connectivity index is 0.939. The zero-order valence-corrected chi connectivity index (χ0v) is 36.8. The highest BCUT2D eigenvalue weighted by molar-refractivity contribution is 6.09. The molecule has 1 heterocycles. The minimum atomic E-state index is -0.472. The summed E-state index contributed by atoms with van der Waals surface area (Å²) in [6.45, 7) is 0. The van der Waals surface area contributed by atoms with Crippen LogP contribution in [0, 0.1) is 0 Å². The van der Waals surface area contributed by atoms with Crippen LogP contribution in [0.15, 0.2) is 267 Å². The van der Waals surface area contributed by atoms with Crippen LogP contribution in [0.5, 0.6) is 0 Å². The van der Waals surface area contributed by atoms with Gasteiger partial charge in [-0.05, 0) is 116 Å². The molecule has 67 heavy (non-hydrogen) atoms. The molecule has 0 aliphatic heterocycles. The van der Waals surface area contributed by atoms with E-state index >= 15 is 0 Å². The summed E-state index contributed by atoms with van der Waals surface area (Å²) < 4.78 is 2.38. The van der Waals surface area contributed by atoms with Crippen molar-refractivity contribution in [3.8, 4) is 39.1 Å². The molecule has 0 fully saturated rings. The van der Waals surface area contributed by atoms with Crippen LogP contribution in [0.2, 0.25) is 0 Å². The molecule has 0 amide bonds. The summed E-state index contributed by atoms with van der Waals surface area (Å²) in [6.07, 6.45) is 0. The van der Waals surface area contributed by atoms with Crippen LogP contribution in [-0.4, -0.2) is 4.57 Å². The lowest BCUT2D eigenvalue weighted by Crippen LogP contribution is -2.28. The second kappa shape index (κ2) is 15.8. The SMILES string of the molecule is c1ccc(-c2ccc(N(c3ccc(-c4ccc(-n5c6ccccc6c6ccccc65)cc4)cc3)c3ccc(C4(c5ccccc5)c5ccccc5-c5ccccc54)cc3)c3ccccc23)cc1. The molecule has 11 aromatic carbocycles. The van der Waals surface area contributed by atoms with Crippen LogP contribution in [0.4, 0.5) is 17.1 Å². The predicted molar refractivity (Wildman–Crippen MR) is 281 cm³/mol. The van der Waals surface area contributed by atoms with Crippen LogP contribution in [-0.2, 0) is 5.41 Å². The number of fused-ring (bicyclic) bond motifs is 7. The summed E-state index contributed by atoms with van der Waals surface area (Å²) in [5, 5.41) is 4.95. The molecule has 0 N–H and O–H groups in total. The van der Waals surface area contributed by atoms with Gasteiger partial charge in [-0.15, -0.1) is 0 Å². The van der Waals surface area contributed by atoms with Gasteiger partial charge in [0.05, 0.1) is 22.1 Å². The van der Waals surface area contributed by atoms with Crippen LogP contribution in [0.1, 0.15) is 22.3 Å². The number of benzene rings is 11. The first-order valence-corrected chi connectivity index (χ1v) is 23.2. The molecule has 0 spiro atoms. The van der Waals surface area contributed by atoms with Gasteiger partial charge in [-0.1, -0.05) is 212 Å². The molecule has 0 unspecified atom stereocenters. The van der Waals surface area contributed by atoms with Crippen LogP contribution < -0.4 is 4.90 Å². The minimum Gasteiger partial charge on any atom is -0.310 e. The molecule has 314 valence electrons. The second-order valence-electron chi connectivity index (χ2n) is 17.6. The van der Waals surface area contributed by atoms with E-state index in [4.69, 9.17) is 0 Å². The number of aromatic nitrogens is 1. The van der Waals surface area contributed by atoms with Crippen molar-refractivity contribution < 1.29 is 0 Å². The van der Waals surface area contributed by atoms with E-state index in [2.05, 4.69) is 276 Å². The fourth-order valence-corrected chi connectivity index (χ4v) is 11.2. The summed E-state index contributed by atoms with van der Waals surface area (Å²) in [7, 11) is 0. The molecule has 1 aliphatic carbocycles. The van der Waals surface area contributed by atoms with E-state index < -0.39 is 5.41 Å². The average molecular weight is 853 g/mol. The second-order valence-corrected chi connectivity index (χ2v) is 17.6. The molecule has 2 nitrogen and oxygen atoms in total. The summed E-state index contributed by atoms with van der Waals surface area (Å²) in [4.78, 5) is 2.43. The van der Waals surface area contributed by atoms with E-state index in [1.165, 1.54) is 88.2 Å². The lowest BCUT2D eigenvalue weighted by atomic mass is 9.68. The quantitative estimate of drug-likeness (QED) is 0.148. The number of rotatable bonds is 8. The third kappa shape index (κ3) is 6.11. The number of para-hydroxylation sites is 2. The molecule has 0 atom stereocenters. The Morgan fingerprint density at radius 1 is 0.284 bits per heavy atom. The van der Waals surface area contributed by atoms with Gasteiger partial charge in [0.1, 0.15) is 0 Å². The molecular formula is C65H44N2. The fraction of sp³-hybridized carbons (Fsp3) is 0.0154. The van der Waals surface area contributed by atoms with Crippen molar-refractivity contribution in [1.82, 2.24) is 4.57 Å². The van der Waals surface area contributed by atoms with Crippen molar-refractivity contribution in [3.63, 3.8) is 0 Å². The highest BCUT2D eigenvalue weighted by Crippen LogP contribution is 2.56. The first kappa shape index (κ1) is 38.7. The van der Waals surface area contributed by atoms with Gasteiger partial charge in [-0.3, -0.25) is 0 Å². The molecule has 0 radical (unpaired) electrons. The van der Waals surface area contributed by atoms with Crippen molar-refractivity contribution in [2.75, 3.05) is 4.90 Å². The maximum Gasteiger partial charge on any atom is 0.0713 e. The first-order chi connectivity index (χ1) is 33.3. The normalized spacial score (nSPS) is 12.6. The summed E-state index contributed by atoms with van der Waals surface area (Å²) in [5.41, 5.74) is 18.9. The topological polar surface area (TPSA) is 8.17 Å². The maximum absolute atomic E-state index is 2.43. The molecule has 0 bridgehead atoms. The van der Waals surface area contributed by atoms with Crippen LogP contribution >= 0.6 is 0 Å². The Hall–Kier alpha value is -8.72. The molecular weight excluding hydrogens is 809 g/mol. The third-order valence-electron chi connectivity index (χ3n) is 14.1. The van der Waals surface area contributed by atoms with Crippen molar-refractivity contribution in [2.24, 2.45) is 0 Å². The third-order valence-corrected chi connectivity index (χ3v) is 14.1. The molecule has 13 rings (SSSR count). The molecule has 1 aromatic heterocycles. The van der Waals surface area contributed by atoms with E-state index in [0.717, 1.165) is 22.7 Å². The zero-order chi connectivity index (χ0) is 44.3. The fourth-order valence-electron chi connectivity index (χ4n) is 11.2. The van der Waals surface area contributed by atoms with Gasteiger partial charge >= 0.3 is 0 Å². The highest BCUT2D eigenvalue weighted by atomic mass is 15.1. The van der Waals surface area contributed by atoms with Crippen LogP contribution in [0.3, 0.4) is 0 Å². The average Bonchev–Trinajstić information content (AvgIpc) is 3.91. The largest absolute Gasteiger partial charge is 0.310 e. The van der Waals surface area contributed by atoms with Crippen molar-refractivity contribution in [2.45, 2.75) is 5.41 Å². The molecule has 1 aliphatic rings. The summed E-state index contributed by atoms with van der Waals surface area (Å²) >= 11 is 0. The van der Waals surface area contributed by atoms with E-state index in [1.54, 1.807) is 0 Å². The Bertz CT molecular complexity index is 3670. The van der Waals surface area contributed by atoms with Gasteiger partial charge in [0.25, 0.3) is 0 Å². The van der Waals surface area contributed by atoms with Gasteiger partial charge in [-0.2, -0.15) is 0 Å². The zero-order valence-electron chi connectivity index (χ0n) is 36.8. The van der Waals surface area contributed by atoms with E-state index in [-0.39, 0.29) is 0 Å². The number of nitrogens with zero attached hydrogens (tertiary/aromatic N) is 2. The highest BCUT2D eigenvalue weighted by Gasteiger charge is 2.45. The lowest BCUT2D eigenvalue weighted by Gasteiger charge is -2.34. The van der Waals surface area contributed by atoms with Crippen molar-refractivity contribution in [1.29, 1.82) is 0 Å². The first-order valence-electron chi connectivity index (χ1n) is 23.2. The molecule has 0 saturated carbocycles. The van der Waals surface area contributed by atoms with Gasteiger partial charge in [-0.25, -0.2) is 0 Å². The van der Waals surface area contributed by atoms with E-state index in [9.17, 15) is 0 Å². The van der Waals surface area contributed by atoms with Gasteiger partial charge in [0, 0.05) is 33.2 Å². The number of hydrogen-bond acceptors (Lipinski definition) is 1. The van der Waals surface area contributed by atoms with Crippen molar-refractivity contribution >= 4 is 49.6 Å². The van der Waals surface area contributed by atoms with E-state index in [1.807, 2.05) is 0 Å². The van der Waals surface area contributed by atoms with Crippen LogP contribution in [0.25, 0.3) is 71.6 Å². The number of hydrogen-bond donors (Lipinski definition) is 0. The minimum absolute atomic E-state index is 0.472.